The van der Waals surface area contributed by atoms with E-state index in [0.29, 0.717) is 45.9 Å². The standard InChI is InChI=1S/C34H42ClN7O3/c1-8-40-11-13-41(14-12-40)20-24-17-29(44-7)28(18-26(24)35)39-31-37-10-9-27(38-31)22-15-23(19-36)30-25(16-22)34(5,6)21-42(30)32(43)45-33(2,3)4/h9-10,15-18H,8,11-14,20-21H2,1-7H3,(H,37,38,39). The molecule has 0 saturated carbocycles. The highest BCUT2D eigenvalue weighted by atomic mass is 35.5. The van der Waals surface area contributed by atoms with E-state index in [2.05, 4.69) is 46.9 Å². The molecule has 1 fully saturated rings. The fraction of sp³-hybridized carbons (Fsp3) is 0.471. The van der Waals surface area contributed by atoms with Crippen LogP contribution in [0.5, 0.6) is 5.75 Å². The van der Waals surface area contributed by atoms with E-state index in [9.17, 15) is 10.1 Å². The maximum Gasteiger partial charge on any atom is 0.414 e. The van der Waals surface area contributed by atoms with Gasteiger partial charge in [-0.3, -0.25) is 9.80 Å². The molecule has 5 rings (SSSR count). The van der Waals surface area contributed by atoms with Crippen molar-refractivity contribution >= 4 is 35.0 Å². The highest BCUT2D eigenvalue weighted by molar-refractivity contribution is 6.31. The highest BCUT2D eigenvalue weighted by Gasteiger charge is 2.42. The summed E-state index contributed by atoms with van der Waals surface area (Å²) in [5.41, 5.74) is 3.83. The van der Waals surface area contributed by atoms with E-state index < -0.39 is 17.1 Å². The van der Waals surface area contributed by atoms with Crippen LogP contribution < -0.4 is 15.0 Å². The number of amides is 1. The summed E-state index contributed by atoms with van der Waals surface area (Å²) in [7, 11) is 1.63. The van der Waals surface area contributed by atoms with Gasteiger partial charge in [0.25, 0.3) is 0 Å². The first-order valence-electron chi connectivity index (χ1n) is 15.3. The summed E-state index contributed by atoms with van der Waals surface area (Å²) in [5.74, 6) is 1.00. The Bertz CT molecular complexity index is 1620. The predicted octanol–water partition coefficient (Wildman–Crippen LogP) is 6.59. The summed E-state index contributed by atoms with van der Waals surface area (Å²) in [4.78, 5) is 28.8. The molecular formula is C34H42ClN7O3. The number of hydrogen-bond acceptors (Lipinski definition) is 9. The van der Waals surface area contributed by atoms with Crippen LogP contribution in [-0.4, -0.2) is 77.8 Å². The third-order valence-electron chi connectivity index (χ3n) is 8.27. The molecule has 3 heterocycles. The Morgan fingerprint density at radius 3 is 2.49 bits per heavy atom. The maximum absolute atomic E-state index is 13.1. The van der Waals surface area contributed by atoms with Crippen molar-refractivity contribution in [3.8, 4) is 23.1 Å². The number of piperazine rings is 1. The minimum atomic E-state index is -0.654. The lowest BCUT2D eigenvalue weighted by Crippen LogP contribution is -2.45. The van der Waals surface area contributed by atoms with Gasteiger partial charge < -0.3 is 19.7 Å². The van der Waals surface area contributed by atoms with Crippen molar-refractivity contribution in [2.45, 2.75) is 59.1 Å². The van der Waals surface area contributed by atoms with Crippen molar-refractivity contribution in [1.29, 1.82) is 5.26 Å². The van der Waals surface area contributed by atoms with E-state index >= 15 is 0 Å². The molecule has 11 heteroatoms. The third kappa shape index (κ3) is 7.17. The molecule has 0 spiro atoms. The Morgan fingerprint density at radius 1 is 1.13 bits per heavy atom. The second-order valence-electron chi connectivity index (χ2n) is 13.2. The quantitative estimate of drug-likeness (QED) is 0.309. The van der Waals surface area contributed by atoms with E-state index in [-0.39, 0.29) is 0 Å². The molecule has 3 aromatic rings. The van der Waals surface area contributed by atoms with Gasteiger partial charge in [0.1, 0.15) is 17.4 Å². The lowest BCUT2D eigenvalue weighted by Gasteiger charge is -2.34. The number of fused-ring (bicyclic) bond motifs is 1. The van der Waals surface area contributed by atoms with Crippen LogP contribution in [0.3, 0.4) is 0 Å². The van der Waals surface area contributed by atoms with Crippen LogP contribution in [0.1, 0.15) is 58.2 Å². The molecule has 1 aromatic heterocycles. The number of methoxy groups -OCH3 is 1. The molecular weight excluding hydrogens is 590 g/mol. The second kappa shape index (κ2) is 12.8. The molecule has 2 aromatic carbocycles. The molecule has 2 aliphatic heterocycles. The van der Waals surface area contributed by atoms with Crippen molar-refractivity contribution < 1.29 is 14.3 Å². The van der Waals surface area contributed by atoms with Gasteiger partial charge in [-0.15, -0.1) is 0 Å². The zero-order chi connectivity index (χ0) is 32.5. The number of aromatic nitrogens is 2. The summed E-state index contributed by atoms with van der Waals surface area (Å²) in [6, 6.07) is 11.7. The van der Waals surface area contributed by atoms with E-state index in [1.165, 1.54) is 0 Å². The van der Waals surface area contributed by atoms with Crippen LogP contribution in [0.2, 0.25) is 5.02 Å². The summed E-state index contributed by atoms with van der Waals surface area (Å²) in [6.07, 6.45) is 1.20. The average Bonchev–Trinajstić information content (AvgIpc) is 3.28. The van der Waals surface area contributed by atoms with Gasteiger partial charge in [0.05, 0.1) is 29.7 Å². The number of carbonyl (C=O) groups is 1. The van der Waals surface area contributed by atoms with E-state index in [1.54, 1.807) is 30.3 Å². The SMILES string of the molecule is CCN1CCN(Cc2cc(OC)c(Nc3nccc(-c4cc(C#N)c5c(c4)C(C)(C)CN5C(=O)OC(C)(C)C)n3)cc2Cl)CC1. The smallest absolute Gasteiger partial charge is 0.414 e. The van der Waals surface area contributed by atoms with E-state index in [0.717, 1.165) is 56.0 Å². The van der Waals surface area contributed by atoms with Gasteiger partial charge in [0.15, 0.2) is 0 Å². The largest absolute Gasteiger partial charge is 0.495 e. The van der Waals surface area contributed by atoms with Crippen LogP contribution in [0.25, 0.3) is 11.3 Å². The molecule has 0 bridgehead atoms. The number of hydrogen-bond donors (Lipinski definition) is 1. The number of nitrogens with one attached hydrogen (secondary N) is 1. The number of ether oxygens (including phenoxy) is 2. The van der Waals surface area contributed by atoms with Gasteiger partial charge in [0.2, 0.25) is 5.95 Å². The molecule has 2 aliphatic rings. The number of rotatable bonds is 7. The summed E-state index contributed by atoms with van der Waals surface area (Å²) in [5, 5.41) is 14.1. The van der Waals surface area contributed by atoms with Crippen LogP contribution in [0.15, 0.2) is 36.5 Å². The van der Waals surface area contributed by atoms with Crippen LogP contribution in [-0.2, 0) is 16.7 Å². The van der Waals surface area contributed by atoms with Crippen LogP contribution in [0, 0.1) is 11.3 Å². The average molecular weight is 632 g/mol. The van der Waals surface area contributed by atoms with E-state index in [1.807, 2.05) is 39.0 Å². The maximum atomic E-state index is 13.1. The molecule has 1 amide bonds. The van der Waals surface area contributed by atoms with Gasteiger partial charge in [0, 0.05) is 61.5 Å². The van der Waals surface area contributed by atoms with Gasteiger partial charge in [-0.2, -0.15) is 5.26 Å². The Kier molecular flexibility index (Phi) is 9.26. The molecule has 1 saturated heterocycles. The van der Waals surface area contributed by atoms with Crippen molar-refractivity contribution in [2.75, 3.05) is 56.6 Å². The second-order valence-corrected chi connectivity index (χ2v) is 13.6. The lowest BCUT2D eigenvalue weighted by atomic mass is 9.85. The summed E-state index contributed by atoms with van der Waals surface area (Å²) >= 11 is 6.77. The first-order valence-corrected chi connectivity index (χ1v) is 15.7. The van der Waals surface area contributed by atoms with Gasteiger partial charge in [-0.25, -0.2) is 14.8 Å². The number of benzene rings is 2. The fourth-order valence-corrected chi connectivity index (χ4v) is 6.12. The topological polar surface area (TPSA) is 107 Å². The zero-order valence-corrected chi connectivity index (χ0v) is 28.0. The first-order chi connectivity index (χ1) is 21.3. The number of nitriles is 1. The van der Waals surface area contributed by atoms with Crippen molar-refractivity contribution in [1.82, 2.24) is 19.8 Å². The Balaban J connectivity index is 1.41. The van der Waals surface area contributed by atoms with Crippen LogP contribution >= 0.6 is 11.6 Å². The van der Waals surface area contributed by atoms with Gasteiger partial charge in [-0.05, 0) is 68.8 Å². The first kappa shape index (κ1) is 32.5. The molecule has 238 valence electrons. The molecule has 1 N–H and O–H groups in total. The molecule has 0 radical (unpaired) electrons. The summed E-state index contributed by atoms with van der Waals surface area (Å²) < 4.78 is 11.4. The number of likely N-dealkylation sites (N-methyl/N-ethyl adjacent to an activating group) is 1. The Morgan fingerprint density at radius 2 is 1.84 bits per heavy atom. The third-order valence-corrected chi connectivity index (χ3v) is 8.62. The summed E-state index contributed by atoms with van der Waals surface area (Å²) in [6.45, 7) is 18.1. The Labute approximate surface area is 270 Å². The highest BCUT2D eigenvalue weighted by Crippen LogP contribution is 2.45. The minimum Gasteiger partial charge on any atom is -0.495 e. The molecule has 45 heavy (non-hydrogen) atoms. The normalized spacial score (nSPS) is 16.6. The molecule has 0 atom stereocenters. The number of nitrogens with zero attached hydrogens (tertiary/aromatic N) is 6. The monoisotopic (exact) mass is 631 g/mol. The Hall–Kier alpha value is -3.91. The van der Waals surface area contributed by atoms with E-state index in [4.69, 9.17) is 26.1 Å². The van der Waals surface area contributed by atoms with Gasteiger partial charge >= 0.3 is 6.09 Å². The molecule has 0 unspecified atom stereocenters. The minimum absolute atomic E-state index is 0.360. The molecule has 0 aliphatic carbocycles. The van der Waals surface area contributed by atoms with Crippen LogP contribution in [0.4, 0.5) is 22.1 Å². The van der Waals surface area contributed by atoms with Crippen molar-refractivity contribution in [3.05, 3.63) is 58.2 Å². The number of halogens is 1. The zero-order valence-electron chi connectivity index (χ0n) is 27.2. The number of carbonyl (C=O) groups excluding carboxylic acids is 1. The van der Waals surface area contributed by atoms with Crippen molar-refractivity contribution in [3.63, 3.8) is 0 Å². The van der Waals surface area contributed by atoms with Gasteiger partial charge in [-0.1, -0.05) is 32.4 Å². The lowest BCUT2D eigenvalue weighted by molar-refractivity contribution is 0.0579. The molecule has 10 nitrogen and oxygen atoms in total. The predicted molar refractivity (Wildman–Crippen MR) is 177 cm³/mol. The fourth-order valence-electron chi connectivity index (χ4n) is 5.89. The van der Waals surface area contributed by atoms with Crippen molar-refractivity contribution in [2.24, 2.45) is 0 Å². The number of anilines is 3.